The van der Waals surface area contributed by atoms with E-state index in [-0.39, 0.29) is 46.5 Å². The average molecular weight is 376 g/mol. The Hall–Kier alpha value is -4.48. The first kappa shape index (κ1) is 15.7. The van der Waals surface area contributed by atoms with E-state index in [0.29, 0.717) is 43.1 Å². The quantitative estimate of drug-likeness (QED) is 0.131. The average Bonchev–Trinajstić information content (AvgIpc) is 2.58. The predicted molar refractivity (Wildman–Crippen MR) is 114 cm³/mol. The molecule has 0 aliphatic carbocycles. The Morgan fingerprint density at radius 2 is 0.429 bits per heavy atom. The van der Waals surface area contributed by atoms with Crippen LogP contribution in [-0.4, -0.2) is 19.9 Å². The predicted octanol–water partition coefficient (Wildman–Crippen LogP) is -0.0252. The van der Waals surface area contributed by atoms with Gasteiger partial charge in [0.2, 0.25) is 0 Å². The van der Waals surface area contributed by atoms with Gasteiger partial charge in [0.05, 0.1) is 10.8 Å². The topological polar surface area (TPSA) is 260 Å². The number of hydrogen-bond donors (Lipinski definition) is 8. The van der Waals surface area contributed by atoms with E-state index < -0.39 is 0 Å². The number of fused-ring (bicyclic) bond motifs is 2. The monoisotopic (exact) mass is 376 g/mol. The first-order chi connectivity index (χ1) is 13.2. The van der Waals surface area contributed by atoms with Gasteiger partial charge in [-0.25, -0.2) is 19.9 Å². The van der Waals surface area contributed by atoms with Crippen LogP contribution in [0.1, 0.15) is 0 Å². The highest BCUT2D eigenvalue weighted by atomic mass is 15.0. The van der Waals surface area contributed by atoms with Crippen molar-refractivity contribution >= 4 is 89.6 Å². The lowest BCUT2D eigenvalue weighted by Gasteiger charge is -2.20. The number of pyridine rings is 4. The molecule has 0 spiro atoms. The third-order valence-corrected chi connectivity index (χ3v) is 5.01. The highest BCUT2D eigenvalue weighted by Gasteiger charge is 2.26. The molecule has 140 valence electrons. The Morgan fingerprint density at radius 3 is 0.643 bits per heavy atom. The zero-order valence-corrected chi connectivity index (χ0v) is 14.4. The smallest absolute Gasteiger partial charge is 0.137 e. The molecule has 0 unspecified atom stereocenters. The second-order valence-electron chi connectivity index (χ2n) is 6.53. The molecule has 12 nitrogen and oxygen atoms in total. The third-order valence-electron chi connectivity index (χ3n) is 5.01. The summed E-state index contributed by atoms with van der Waals surface area (Å²) in [6, 6.07) is 0. The van der Waals surface area contributed by atoms with E-state index in [2.05, 4.69) is 19.9 Å². The van der Waals surface area contributed by atoms with Gasteiger partial charge in [0.25, 0.3) is 0 Å². The highest BCUT2D eigenvalue weighted by molar-refractivity contribution is 6.42. The molecule has 0 saturated heterocycles. The van der Waals surface area contributed by atoms with Crippen molar-refractivity contribution in [1.29, 1.82) is 0 Å². The van der Waals surface area contributed by atoms with Crippen LogP contribution in [0.25, 0.3) is 43.1 Å². The van der Waals surface area contributed by atoms with E-state index in [1.165, 1.54) is 0 Å². The van der Waals surface area contributed by atoms with Gasteiger partial charge in [0, 0.05) is 32.3 Å². The second kappa shape index (κ2) is 4.62. The van der Waals surface area contributed by atoms with Crippen molar-refractivity contribution < 1.29 is 0 Å². The number of nitrogen functional groups attached to an aromatic ring is 8. The number of benzene rings is 1. The van der Waals surface area contributed by atoms with E-state index >= 15 is 0 Å². The molecule has 16 N–H and O–H groups in total. The molecule has 0 bridgehead atoms. The maximum absolute atomic E-state index is 6.23. The van der Waals surface area contributed by atoms with Crippen LogP contribution in [0.5, 0.6) is 0 Å². The summed E-state index contributed by atoms with van der Waals surface area (Å²) in [6.07, 6.45) is 0. The molecule has 4 aromatic heterocycles. The fourth-order valence-corrected chi connectivity index (χ4v) is 4.02. The number of anilines is 8. The van der Waals surface area contributed by atoms with Crippen LogP contribution >= 0.6 is 0 Å². The van der Waals surface area contributed by atoms with E-state index in [1.54, 1.807) is 0 Å². The Morgan fingerprint density at radius 1 is 0.250 bits per heavy atom. The third kappa shape index (κ3) is 1.59. The summed E-state index contributed by atoms with van der Waals surface area (Å²) in [5.74, 6) is 0.895. The van der Waals surface area contributed by atoms with E-state index in [9.17, 15) is 0 Å². The summed E-state index contributed by atoms with van der Waals surface area (Å²) >= 11 is 0. The minimum atomic E-state index is 0.103. The minimum Gasteiger partial charge on any atom is -0.383 e. The van der Waals surface area contributed by atoms with Crippen LogP contribution in [-0.2, 0) is 0 Å². The van der Waals surface area contributed by atoms with Gasteiger partial charge in [-0.3, -0.25) is 0 Å². The second-order valence-corrected chi connectivity index (χ2v) is 6.53. The summed E-state index contributed by atoms with van der Waals surface area (Å²) in [5, 5.41) is 3.69. The van der Waals surface area contributed by atoms with Gasteiger partial charge in [-0.05, 0) is 0 Å². The minimum absolute atomic E-state index is 0.103. The lowest BCUT2D eigenvalue weighted by molar-refractivity contribution is 1.34. The fourth-order valence-electron chi connectivity index (χ4n) is 4.02. The summed E-state index contributed by atoms with van der Waals surface area (Å²) in [4.78, 5) is 16.8. The maximum Gasteiger partial charge on any atom is 0.137 e. The van der Waals surface area contributed by atoms with Crippen molar-refractivity contribution in [2.45, 2.75) is 0 Å². The Bertz CT molecular complexity index is 1270. The molecular formula is C16H16N12. The summed E-state index contributed by atoms with van der Waals surface area (Å²) in [5.41, 5.74) is 49.2. The molecule has 0 aliphatic rings. The molecule has 1 aromatic carbocycles. The van der Waals surface area contributed by atoms with E-state index in [4.69, 9.17) is 45.9 Å². The summed E-state index contributed by atoms with van der Waals surface area (Å²) < 4.78 is 0. The molecule has 5 rings (SSSR count). The number of nitrogens with two attached hydrogens (primary N) is 8. The largest absolute Gasteiger partial charge is 0.383 e. The molecule has 4 heterocycles. The van der Waals surface area contributed by atoms with Crippen LogP contribution in [0.3, 0.4) is 0 Å². The van der Waals surface area contributed by atoms with Crippen molar-refractivity contribution in [2.24, 2.45) is 0 Å². The normalized spacial score (nSPS) is 12.0. The van der Waals surface area contributed by atoms with Crippen LogP contribution in [0.4, 0.5) is 46.5 Å². The number of hydrogen-bond acceptors (Lipinski definition) is 12. The molecule has 0 saturated carbocycles. The molecule has 0 radical (unpaired) electrons. The zero-order chi connectivity index (χ0) is 20.1. The molecule has 0 atom stereocenters. The standard InChI is InChI=1S/C16H16N12/c17-9-3-1-4(10(18)26-14(22)7(1)13(21)25-9)6-2-5(3)11(19)27-15(23)8(2)16(24)28-12(6)20/h(H4,17,21,25)(H4,18,22,26)(H4,19,23,27)(H4,20,24,28). The van der Waals surface area contributed by atoms with Gasteiger partial charge in [0.1, 0.15) is 46.5 Å². The highest BCUT2D eigenvalue weighted by Crippen LogP contribution is 2.50. The van der Waals surface area contributed by atoms with Gasteiger partial charge in [-0.1, -0.05) is 0 Å². The molecular weight excluding hydrogens is 360 g/mol. The van der Waals surface area contributed by atoms with Crippen molar-refractivity contribution in [3.63, 3.8) is 0 Å². The molecule has 0 fully saturated rings. The Labute approximate surface area is 156 Å². The molecule has 12 heteroatoms. The van der Waals surface area contributed by atoms with Gasteiger partial charge >= 0.3 is 0 Å². The van der Waals surface area contributed by atoms with Crippen LogP contribution in [0.2, 0.25) is 0 Å². The number of nitrogens with zero attached hydrogens (tertiary/aromatic N) is 4. The Balaban J connectivity index is 2.38. The van der Waals surface area contributed by atoms with Crippen LogP contribution in [0, 0.1) is 0 Å². The molecule has 5 aromatic rings. The Kier molecular flexibility index (Phi) is 2.60. The lowest BCUT2D eigenvalue weighted by Crippen LogP contribution is -2.10. The lowest BCUT2D eigenvalue weighted by atomic mass is 9.91. The fraction of sp³-hybridized carbons (Fsp3) is 0. The van der Waals surface area contributed by atoms with Crippen molar-refractivity contribution in [3.8, 4) is 0 Å². The molecule has 28 heavy (non-hydrogen) atoms. The first-order valence-electron chi connectivity index (χ1n) is 8.10. The van der Waals surface area contributed by atoms with Gasteiger partial charge in [-0.15, -0.1) is 0 Å². The van der Waals surface area contributed by atoms with Gasteiger partial charge in [0.15, 0.2) is 0 Å². The number of aromatic nitrogens is 4. The maximum atomic E-state index is 6.23. The number of rotatable bonds is 0. The van der Waals surface area contributed by atoms with Crippen LogP contribution < -0.4 is 45.9 Å². The summed E-state index contributed by atoms with van der Waals surface area (Å²) in [7, 11) is 0. The first-order valence-corrected chi connectivity index (χ1v) is 8.10. The van der Waals surface area contributed by atoms with Gasteiger partial charge in [-0.2, -0.15) is 0 Å². The molecule has 0 amide bonds. The summed E-state index contributed by atoms with van der Waals surface area (Å²) in [6.45, 7) is 0. The van der Waals surface area contributed by atoms with E-state index in [1.807, 2.05) is 0 Å². The van der Waals surface area contributed by atoms with Crippen molar-refractivity contribution in [3.05, 3.63) is 0 Å². The SMILES string of the molecule is Nc1nc(N)c2c3c(N)nc(N)c4c(N)nc(N)c(c5c(N)nc(N)c1c25)c43. The molecule has 0 aliphatic heterocycles. The van der Waals surface area contributed by atoms with E-state index in [0.717, 1.165) is 0 Å². The van der Waals surface area contributed by atoms with Crippen LogP contribution in [0.15, 0.2) is 0 Å². The zero-order valence-electron chi connectivity index (χ0n) is 14.4. The van der Waals surface area contributed by atoms with Crippen molar-refractivity contribution in [1.82, 2.24) is 19.9 Å². The van der Waals surface area contributed by atoms with Gasteiger partial charge < -0.3 is 45.9 Å². The van der Waals surface area contributed by atoms with Crippen molar-refractivity contribution in [2.75, 3.05) is 45.9 Å².